The molecule has 0 aliphatic rings. The molecular formula is C6H9O4. The lowest BCUT2D eigenvalue weighted by atomic mass is 10.4. The van der Waals surface area contributed by atoms with Gasteiger partial charge in [-0.15, -0.1) is 0 Å². The van der Waals surface area contributed by atoms with Crippen LogP contribution in [0.2, 0.25) is 0 Å². The van der Waals surface area contributed by atoms with Gasteiger partial charge in [0, 0.05) is 6.08 Å². The van der Waals surface area contributed by atoms with Crippen LogP contribution in [0.5, 0.6) is 0 Å². The highest BCUT2D eigenvalue weighted by atomic mass is 16.5. The van der Waals surface area contributed by atoms with Crippen molar-refractivity contribution in [2.45, 2.75) is 6.10 Å². The fourth-order valence-corrected chi connectivity index (χ4v) is 0.285. The van der Waals surface area contributed by atoms with Crippen LogP contribution in [0.25, 0.3) is 0 Å². The SMILES string of the molecule is C=CC(=O)OCC(O)C[O]. The van der Waals surface area contributed by atoms with Gasteiger partial charge in [0.25, 0.3) is 0 Å². The highest BCUT2D eigenvalue weighted by molar-refractivity contribution is 5.81. The van der Waals surface area contributed by atoms with E-state index >= 15 is 0 Å². The number of hydrogen-bond acceptors (Lipinski definition) is 3. The van der Waals surface area contributed by atoms with Gasteiger partial charge in [0.2, 0.25) is 0 Å². The zero-order valence-electron chi connectivity index (χ0n) is 5.45. The van der Waals surface area contributed by atoms with Crippen molar-refractivity contribution in [3.05, 3.63) is 12.7 Å². The van der Waals surface area contributed by atoms with E-state index in [1.807, 2.05) is 0 Å². The second-order valence-electron chi connectivity index (χ2n) is 1.65. The first-order chi connectivity index (χ1) is 4.70. The van der Waals surface area contributed by atoms with Crippen molar-refractivity contribution >= 4 is 5.97 Å². The van der Waals surface area contributed by atoms with Crippen LogP contribution in [0.4, 0.5) is 0 Å². The number of aliphatic hydroxyl groups is 1. The van der Waals surface area contributed by atoms with Crippen LogP contribution in [0, 0.1) is 0 Å². The number of rotatable bonds is 4. The topological polar surface area (TPSA) is 66.4 Å². The molecule has 1 unspecified atom stereocenters. The summed E-state index contributed by atoms with van der Waals surface area (Å²) in [5.41, 5.74) is 0. The number of carbonyl (C=O) groups excluding carboxylic acids is 1. The van der Waals surface area contributed by atoms with Crippen molar-refractivity contribution in [1.29, 1.82) is 0 Å². The third kappa shape index (κ3) is 4.05. The van der Waals surface area contributed by atoms with Crippen LogP contribution in [0.1, 0.15) is 0 Å². The predicted octanol–water partition coefficient (Wildman–Crippen LogP) is -0.493. The highest BCUT2D eigenvalue weighted by Gasteiger charge is 2.04. The molecule has 1 radical (unpaired) electrons. The summed E-state index contributed by atoms with van der Waals surface area (Å²) in [6.45, 7) is 2.21. The number of ether oxygens (including phenoxy) is 1. The lowest BCUT2D eigenvalue weighted by Crippen LogP contribution is -2.20. The van der Waals surface area contributed by atoms with E-state index in [2.05, 4.69) is 11.3 Å². The van der Waals surface area contributed by atoms with Gasteiger partial charge in [-0.2, -0.15) is 0 Å². The van der Waals surface area contributed by atoms with Crippen molar-refractivity contribution in [2.75, 3.05) is 13.2 Å². The molecule has 1 N–H and O–H groups in total. The minimum absolute atomic E-state index is 0.256. The molecule has 0 fully saturated rings. The Bertz CT molecular complexity index is 121. The van der Waals surface area contributed by atoms with Crippen LogP contribution in [-0.2, 0) is 14.6 Å². The van der Waals surface area contributed by atoms with E-state index < -0.39 is 18.7 Å². The van der Waals surface area contributed by atoms with Gasteiger partial charge < -0.3 is 9.84 Å². The quantitative estimate of drug-likeness (QED) is 0.428. The molecule has 0 bridgehead atoms. The molecule has 4 nitrogen and oxygen atoms in total. The molecule has 0 aliphatic carbocycles. The molecule has 0 spiro atoms. The maximum atomic E-state index is 10.3. The van der Waals surface area contributed by atoms with E-state index in [1.165, 1.54) is 0 Å². The van der Waals surface area contributed by atoms with Crippen molar-refractivity contribution < 1.29 is 19.7 Å². The Labute approximate surface area is 58.7 Å². The van der Waals surface area contributed by atoms with Crippen molar-refractivity contribution in [3.63, 3.8) is 0 Å². The van der Waals surface area contributed by atoms with E-state index in [0.29, 0.717) is 0 Å². The summed E-state index contributed by atoms with van der Waals surface area (Å²) in [5, 5.41) is 18.4. The molecule has 0 saturated heterocycles. The van der Waals surface area contributed by atoms with Crippen LogP contribution in [-0.4, -0.2) is 30.4 Å². The van der Waals surface area contributed by atoms with Crippen molar-refractivity contribution in [3.8, 4) is 0 Å². The molecule has 0 aromatic carbocycles. The van der Waals surface area contributed by atoms with Gasteiger partial charge in [-0.3, -0.25) is 0 Å². The number of aliphatic hydroxyl groups excluding tert-OH is 1. The largest absolute Gasteiger partial charge is 0.460 e. The Hall–Kier alpha value is -0.870. The van der Waals surface area contributed by atoms with E-state index in [1.54, 1.807) is 0 Å². The molecule has 0 aromatic heterocycles. The molecule has 0 aliphatic heterocycles. The average Bonchev–Trinajstić information content (AvgIpc) is 1.99. The van der Waals surface area contributed by atoms with Crippen molar-refractivity contribution in [1.82, 2.24) is 0 Å². The van der Waals surface area contributed by atoms with E-state index in [9.17, 15) is 9.90 Å². The van der Waals surface area contributed by atoms with E-state index in [4.69, 9.17) is 5.11 Å². The fourth-order valence-electron chi connectivity index (χ4n) is 0.285. The average molecular weight is 145 g/mol. The predicted molar refractivity (Wildman–Crippen MR) is 32.7 cm³/mol. The summed E-state index contributed by atoms with van der Waals surface area (Å²) in [7, 11) is 0. The van der Waals surface area contributed by atoms with E-state index in [-0.39, 0.29) is 6.61 Å². The molecule has 0 rings (SSSR count). The number of hydrogen-bond donors (Lipinski definition) is 1. The van der Waals surface area contributed by atoms with E-state index in [0.717, 1.165) is 6.08 Å². The summed E-state index contributed by atoms with van der Waals surface area (Å²) < 4.78 is 4.34. The van der Waals surface area contributed by atoms with Crippen LogP contribution in [0.15, 0.2) is 12.7 Å². The van der Waals surface area contributed by atoms with Gasteiger partial charge in [-0.25, -0.2) is 9.90 Å². The minimum atomic E-state index is -1.11. The Morgan fingerprint density at radius 3 is 2.80 bits per heavy atom. The highest BCUT2D eigenvalue weighted by Crippen LogP contribution is 1.85. The molecule has 0 aromatic rings. The van der Waals surface area contributed by atoms with Gasteiger partial charge in [-0.1, -0.05) is 6.58 Å². The third-order valence-electron chi connectivity index (χ3n) is 0.777. The Morgan fingerprint density at radius 2 is 2.40 bits per heavy atom. The smallest absolute Gasteiger partial charge is 0.330 e. The van der Waals surface area contributed by atoms with Crippen LogP contribution >= 0.6 is 0 Å². The second kappa shape index (κ2) is 4.96. The molecule has 10 heavy (non-hydrogen) atoms. The molecule has 0 amide bonds. The number of esters is 1. The van der Waals surface area contributed by atoms with Gasteiger partial charge in [0.15, 0.2) is 0 Å². The zero-order chi connectivity index (χ0) is 7.98. The first-order valence-electron chi connectivity index (χ1n) is 2.76. The normalized spacial score (nSPS) is 12.2. The lowest BCUT2D eigenvalue weighted by Gasteiger charge is -2.04. The number of carbonyl (C=O) groups is 1. The summed E-state index contributed by atoms with van der Waals surface area (Å²) in [4.78, 5) is 10.3. The standard InChI is InChI=1S/C6H9O4/c1-2-6(9)10-4-5(8)3-7/h2,5,8H,1,3-4H2. The molecule has 4 heteroatoms. The molecule has 0 saturated carbocycles. The van der Waals surface area contributed by atoms with Crippen molar-refractivity contribution in [2.24, 2.45) is 0 Å². The molecule has 1 atom stereocenters. The molecular weight excluding hydrogens is 136 g/mol. The van der Waals surface area contributed by atoms with Gasteiger partial charge in [-0.05, 0) is 0 Å². The minimum Gasteiger partial charge on any atom is -0.460 e. The Kier molecular flexibility index (Phi) is 4.53. The zero-order valence-corrected chi connectivity index (χ0v) is 5.45. The monoisotopic (exact) mass is 145 g/mol. The molecule has 57 valence electrons. The van der Waals surface area contributed by atoms with Gasteiger partial charge in [0.1, 0.15) is 19.3 Å². The summed E-state index contributed by atoms with van der Waals surface area (Å²) in [6.07, 6.45) is -0.138. The molecule has 0 heterocycles. The Morgan fingerprint density at radius 1 is 1.80 bits per heavy atom. The second-order valence-corrected chi connectivity index (χ2v) is 1.65. The Balaban J connectivity index is 3.34. The fraction of sp³-hybridized carbons (Fsp3) is 0.500. The first-order valence-corrected chi connectivity index (χ1v) is 2.76. The summed E-state index contributed by atoms with van der Waals surface area (Å²) >= 11 is 0. The van der Waals surface area contributed by atoms with Gasteiger partial charge >= 0.3 is 5.97 Å². The summed E-state index contributed by atoms with van der Waals surface area (Å²) in [5.74, 6) is -0.632. The van der Waals surface area contributed by atoms with Crippen LogP contribution < -0.4 is 0 Å². The maximum Gasteiger partial charge on any atom is 0.330 e. The maximum absolute atomic E-state index is 10.3. The van der Waals surface area contributed by atoms with Crippen LogP contribution in [0.3, 0.4) is 0 Å². The van der Waals surface area contributed by atoms with Gasteiger partial charge in [0.05, 0.1) is 0 Å². The lowest BCUT2D eigenvalue weighted by molar-refractivity contribution is -0.141. The first kappa shape index (κ1) is 9.13. The third-order valence-corrected chi connectivity index (χ3v) is 0.777. The summed E-state index contributed by atoms with van der Waals surface area (Å²) in [6, 6.07) is 0.